The summed E-state index contributed by atoms with van der Waals surface area (Å²) in [5.41, 5.74) is 8.40. The number of rotatable bonds is 17. The Labute approximate surface area is 312 Å². The van der Waals surface area contributed by atoms with E-state index in [1.165, 1.54) is 11.1 Å². The molecule has 3 unspecified atom stereocenters. The SMILES string of the molecule is O=C(O)CCCCC(=O)NCc1cccc(-c2ccc(C3OC(CN(Cc4ccccc4)Cc4ccccc4)CC(c4ccc(CO)cc4)O3)cc2)c1. The number of unbranched alkanes of at least 4 members (excludes halogenated alkanes) is 1. The summed E-state index contributed by atoms with van der Waals surface area (Å²) in [4.78, 5) is 25.5. The first-order valence-electron chi connectivity index (χ1n) is 18.4. The van der Waals surface area contributed by atoms with Gasteiger partial charge in [-0.15, -0.1) is 0 Å². The van der Waals surface area contributed by atoms with E-state index in [2.05, 4.69) is 95.1 Å². The molecule has 5 aromatic rings. The van der Waals surface area contributed by atoms with E-state index in [-0.39, 0.29) is 31.1 Å². The molecule has 1 aliphatic heterocycles. The highest BCUT2D eigenvalue weighted by molar-refractivity contribution is 5.76. The Morgan fingerprint density at radius 1 is 0.660 bits per heavy atom. The fourth-order valence-corrected chi connectivity index (χ4v) is 6.73. The maximum Gasteiger partial charge on any atom is 0.303 e. The van der Waals surface area contributed by atoms with Crippen LogP contribution in [0.15, 0.2) is 133 Å². The minimum atomic E-state index is -0.840. The number of nitrogens with zero attached hydrogens (tertiary/aromatic N) is 1. The Morgan fingerprint density at radius 3 is 1.92 bits per heavy atom. The number of aliphatic carboxylic acids is 1. The number of hydrogen-bond donors (Lipinski definition) is 3. The number of carboxylic acid groups (broad SMARTS) is 1. The summed E-state index contributed by atoms with van der Waals surface area (Å²) in [6.07, 6.45) is 1.26. The van der Waals surface area contributed by atoms with Crippen molar-refractivity contribution in [1.29, 1.82) is 0 Å². The van der Waals surface area contributed by atoms with Crippen molar-refractivity contribution in [3.05, 3.63) is 167 Å². The summed E-state index contributed by atoms with van der Waals surface area (Å²) in [6, 6.07) is 45.4. The molecule has 8 nitrogen and oxygen atoms in total. The number of carbonyl (C=O) groups is 2. The van der Waals surface area contributed by atoms with Crippen molar-refractivity contribution >= 4 is 11.9 Å². The lowest BCUT2D eigenvalue weighted by Crippen LogP contribution is -2.39. The molecule has 1 fully saturated rings. The standard InChI is InChI=1S/C45H48N2O6/c48-32-35-18-20-38(21-19-35)42-27-41(31-47(29-33-10-3-1-4-11-33)30-34-12-5-2-6-13-34)52-45(53-42)39-24-22-37(23-25-39)40-15-9-14-36(26-40)28-46-43(49)16-7-8-17-44(50)51/h1-6,9-15,18-26,41-42,45,48H,7-8,16-17,27-32H2,(H,46,49)(H,50,51). The first kappa shape index (κ1) is 37.6. The molecule has 0 saturated carbocycles. The maximum absolute atomic E-state index is 12.3. The van der Waals surface area contributed by atoms with Crippen molar-refractivity contribution in [2.75, 3.05) is 6.54 Å². The topological polar surface area (TPSA) is 108 Å². The number of carbonyl (C=O) groups excluding carboxylic acids is 1. The number of nitrogens with one attached hydrogen (secondary N) is 1. The number of amides is 1. The minimum absolute atomic E-state index is 0.00578. The number of aliphatic hydroxyl groups is 1. The van der Waals surface area contributed by atoms with E-state index in [0.29, 0.717) is 32.2 Å². The van der Waals surface area contributed by atoms with Gasteiger partial charge in [-0.05, 0) is 57.9 Å². The van der Waals surface area contributed by atoms with Gasteiger partial charge in [-0.1, -0.05) is 127 Å². The van der Waals surface area contributed by atoms with E-state index in [1.807, 2.05) is 48.5 Å². The molecule has 274 valence electrons. The van der Waals surface area contributed by atoms with Crippen LogP contribution in [-0.4, -0.2) is 39.6 Å². The molecular weight excluding hydrogens is 665 g/mol. The second kappa shape index (κ2) is 19.1. The monoisotopic (exact) mass is 712 g/mol. The van der Waals surface area contributed by atoms with Crippen LogP contribution in [0, 0.1) is 0 Å². The van der Waals surface area contributed by atoms with Crippen LogP contribution < -0.4 is 5.32 Å². The summed E-state index contributed by atoms with van der Waals surface area (Å²) < 4.78 is 13.4. The third kappa shape index (κ3) is 11.4. The van der Waals surface area contributed by atoms with Crippen molar-refractivity contribution in [3.63, 3.8) is 0 Å². The van der Waals surface area contributed by atoms with Gasteiger partial charge in [0.25, 0.3) is 0 Å². The molecule has 1 saturated heterocycles. The number of carboxylic acids is 1. The Morgan fingerprint density at radius 2 is 1.28 bits per heavy atom. The van der Waals surface area contributed by atoms with Crippen molar-refractivity contribution in [2.45, 2.75) is 76.8 Å². The van der Waals surface area contributed by atoms with Gasteiger partial charge < -0.3 is 25.0 Å². The van der Waals surface area contributed by atoms with E-state index in [1.54, 1.807) is 0 Å². The molecule has 8 heteroatoms. The normalized spacial score (nSPS) is 17.1. The summed E-state index contributed by atoms with van der Waals surface area (Å²) in [5, 5.41) is 21.4. The Balaban J connectivity index is 1.16. The minimum Gasteiger partial charge on any atom is -0.481 e. The molecule has 3 N–H and O–H groups in total. The zero-order valence-corrected chi connectivity index (χ0v) is 30.0. The Kier molecular flexibility index (Phi) is 13.6. The van der Waals surface area contributed by atoms with Gasteiger partial charge in [0.2, 0.25) is 5.91 Å². The molecule has 1 aliphatic rings. The van der Waals surface area contributed by atoms with Crippen molar-refractivity contribution < 1.29 is 29.3 Å². The van der Waals surface area contributed by atoms with E-state index >= 15 is 0 Å². The van der Waals surface area contributed by atoms with Gasteiger partial charge >= 0.3 is 5.97 Å². The van der Waals surface area contributed by atoms with Gasteiger partial charge in [0, 0.05) is 51.0 Å². The molecule has 53 heavy (non-hydrogen) atoms. The highest BCUT2D eigenvalue weighted by Gasteiger charge is 2.33. The predicted octanol–water partition coefficient (Wildman–Crippen LogP) is 8.35. The van der Waals surface area contributed by atoms with E-state index in [0.717, 1.165) is 53.0 Å². The summed E-state index contributed by atoms with van der Waals surface area (Å²) >= 11 is 0. The van der Waals surface area contributed by atoms with Crippen LogP contribution in [-0.2, 0) is 45.3 Å². The highest BCUT2D eigenvalue weighted by atomic mass is 16.7. The quantitative estimate of drug-likeness (QED) is 0.0832. The molecule has 1 heterocycles. The van der Waals surface area contributed by atoms with Gasteiger partial charge in [0.1, 0.15) is 0 Å². The first-order valence-corrected chi connectivity index (χ1v) is 18.4. The summed E-state index contributed by atoms with van der Waals surface area (Å²) in [6.45, 7) is 2.70. The van der Waals surface area contributed by atoms with Crippen molar-refractivity contribution in [3.8, 4) is 11.1 Å². The van der Waals surface area contributed by atoms with Crippen LogP contribution in [0.4, 0.5) is 0 Å². The Hall–Kier alpha value is -5.12. The van der Waals surface area contributed by atoms with Crippen LogP contribution in [0.1, 0.15) is 77.9 Å². The lowest BCUT2D eigenvalue weighted by atomic mass is 9.98. The predicted molar refractivity (Wildman–Crippen MR) is 205 cm³/mol. The van der Waals surface area contributed by atoms with Gasteiger partial charge in [-0.3, -0.25) is 14.5 Å². The fraction of sp³-hybridized carbons (Fsp3) is 0.289. The van der Waals surface area contributed by atoms with Crippen molar-refractivity contribution in [2.24, 2.45) is 0 Å². The van der Waals surface area contributed by atoms with E-state index < -0.39 is 12.3 Å². The van der Waals surface area contributed by atoms with E-state index in [9.17, 15) is 14.7 Å². The third-order valence-corrected chi connectivity index (χ3v) is 9.55. The molecule has 3 atom stereocenters. The second-order valence-electron chi connectivity index (χ2n) is 13.7. The van der Waals surface area contributed by atoms with Crippen LogP contribution in [0.3, 0.4) is 0 Å². The molecule has 0 spiro atoms. The average Bonchev–Trinajstić information content (AvgIpc) is 3.19. The zero-order valence-electron chi connectivity index (χ0n) is 30.0. The number of benzene rings is 5. The summed E-state index contributed by atoms with van der Waals surface area (Å²) in [5.74, 6) is -0.921. The molecule has 0 radical (unpaired) electrons. The van der Waals surface area contributed by atoms with Crippen molar-refractivity contribution in [1.82, 2.24) is 10.2 Å². The molecule has 0 aliphatic carbocycles. The van der Waals surface area contributed by atoms with Crippen LogP contribution in [0.5, 0.6) is 0 Å². The highest BCUT2D eigenvalue weighted by Crippen LogP contribution is 2.39. The lowest BCUT2D eigenvalue weighted by Gasteiger charge is -2.38. The molecular formula is C45H48N2O6. The second-order valence-corrected chi connectivity index (χ2v) is 13.7. The number of aliphatic hydroxyl groups excluding tert-OH is 1. The molecule has 0 aromatic heterocycles. The fourth-order valence-electron chi connectivity index (χ4n) is 6.73. The smallest absolute Gasteiger partial charge is 0.303 e. The van der Waals surface area contributed by atoms with Gasteiger partial charge in [-0.2, -0.15) is 0 Å². The molecule has 0 bridgehead atoms. The molecule has 5 aromatic carbocycles. The first-order chi connectivity index (χ1) is 25.9. The zero-order chi connectivity index (χ0) is 36.8. The summed E-state index contributed by atoms with van der Waals surface area (Å²) in [7, 11) is 0. The van der Waals surface area contributed by atoms with Crippen LogP contribution in [0.2, 0.25) is 0 Å². The number of hydrogen-bond acceptors (Lipinski definition) is 6. The maximum atomic E-state index is 12.3. The van der Waals surface area contributed by atoms with Crippen LogP contribution >= 0.6 is 0 Å². The van der Waals surface area contributed by atoms with E-state index in [4.69, 9.17) is 14.6 Å². The third-order valence-electron chi connectivity index (χ3n) is 9.55. The number of ether oxygens (including phenoxy) is 2. The van der Waals surface area contributed by atoms with Gasteiger partial charge in [0.15, 0.2) is 6.29 Å². The molecule has 6 rings (SSSR count). The molecule has 1 amide bonds. The van der Waals surface area contributed by atoms with Gasteiger partial charge in [-0.25, -0.2) is 0 Å². The lowest BCUT2D eigenvalue weighted by molar-refractivity contribution is -0.253. The largest absolute Gasteiger partial charge is 0.481 e. The Bertz CT molecular complexity index is 1840. The average molecular weight is 713 g/mol. The van der Waals surface area contributed by atoms with Gasteiger partial charge in [0.05, 0.1) is 18.8 Å². The van der Waals surface area contributed by atoms with Crippen LogP contribution in [0.25, 0.3) is 11.1 Å².